The Kier molecular flexibility index (Phi) is 3.97. The molecule has 1 heterocycles. The van der Waals surface area contributed by atoms with Crippen LogP contribution in [0.1, 0.15) is 34.6 Å². The van der Waals surface area contributed by atoms with Gasteiger partial charge in [0.1, 0.15) is 0 Å². The highest BCUT2D eigenvalue weighted by Gasteiger charge is 2.34. The highest BCUT2D eigenvalue weighted by molar-refractivity contribution is 5.76. The van der Waals surface area contributed by atoms with Gasteiger partial charge in [-0.15, -0.1) is 0 Å². The van der Waals surface area contributed by atoms with Gasteiger partial charge in [-0.05, 0) is 34.6 Å². The van der Waals surface area contributed by atoms with E-state index in [0.29, 0.717) is 18.6 Å². The Labute approximate surface area is 98.8 Å². The quantitative estimate of drug-likeness (QED) is 0.754. The predicted octanol–water partition coefficient (Wildman–Crippen LogP) is 0.665. The molecule has 1 rings (SSSR count). The van der Waals surface area contributed by atoms with Crippen LogP contribution in [0.5, 0.6) is 0 Å². The van der Waals surface area contributed by atoms with Gasteiger partial charge in [0.15, 0.2) is 0 Å². The molecule has 1 aliphatic rings. The van der Waals surface area contributed by atoms with Crippen molar-refractivity contribution in [2.24, 2.45) is 5.73 Å². The number of carbonyl (C=O) groups excluding carboxylic acids is 1. The zero-order chi connectivity index (χ0) is 12.5. The third-order valence-electron chi connectivity index (χ3n) is 3.39. The minimum atomic E-state index is -0.233. The molecule has 0 aliphatic carbocycles. The van der Waals surface area contributed by atoms with E-state index in [2.05, 4.69) is 44.4 Å². The number of rotatable bonds is 2. The predicted molar refractivity (Wildman–Crippen MR) is 66.2 cm³/mol. The summed E-state index contributed by atoms with van der Waals surface area (Å²) in [6.07, 6.45) is 0. The maximum Gasteiger partial charge on any atom is 0.231 e. The Balaban J connectivity index is 2.67. The van der Waals surface area contributed by atoms with Crippen molar-refractivity contribution in [3.8, 4) is 0 Å². The standard InChI is InChI=1S/C12H25N3O/c1-9-6-14(12(3,4)5)7-10(2)15(9)8-11(13)16/h9-10H,6-8H2,1-5H3,(H2,13,16)/t9-,10+. The van der Waals surface area contributed by atoms with Gasteiger partial charge < -0.3 is 5.73 Å². The smallest absolute Gasteiger partial charge is 0.231 e. The number of nitrogens with zero attached hydrogens (tertiary/aromatic N) is 2. The van der Waals surface area contributed by atoms with Gasteiger partial charge in [0.25, 0.3) is 0 Å². The fourth-order valence-electron chi connectivity index (χ4n) is 2.40. The lowest BCUT2D eigenvalue weighted by Gasteiger charge is -2.48. The van der Waals surface area contributed by atoms with E-state index in [0.717, 1.165) is 13.1 Å². The van der Waals surface area contributed by atoms with Crippen LogP contribution in [0, 0.1) is 0 Å². The van der Waals surface area contributed by atoms with Gasteiger partial charge in [-0.25, -0.2) is 0 Å². The van der Waals surface area contributed by atoms with Crippen LogP contribution in [0.4, 0.5) is 0 Å². The molecule has 0 radical (unpaired) electrons. The number of primary amides is 1. The first-order valence-corrected chi connectivity index (χ1v) is 6.01. The lowest BCUT2D eigenvalue weighted by atomic mass is 9.99. The van der Waals surface area contributed by atoms with Crippen molar-refractivity contribution in [2.75, 3.05) is 19.6 Å². The van der Waals surface area contributed by atoms with E-state index in [-0.39, 0.29) is 11.4 Å². The molecule has 1 saturated heterocycles. The lowest BCUT2D eigenvalue weighted by Crippen LogP contribution is -2.62. The topological polar surface area (TPSA) is 49.6 Å². The van der Waals surface area contributed by atoms with Crippen LogP contribution in [-0.2, 0) is 4.79 Å². The summed E-state index contributed by atoms with van der Waals surface area (Å²) in [6, 6.07) is 0.769. The van der Waals surface area contributed by atoms with Crippen molar-refractivity contribution in [3.05, 3.63) is 0 Å². The van der Waals surface area contributed by atoms with Gasteiger partial charge in [-0.1, -0.05) is 0 Å². The molecule has 1 amide bonds. The maximum atomic E-state index is 11.0. The van der Waals surface area contributed by atoms with E-state index in [1.165, 1.54) is 0 Å². The third-order valence-corrected chi connectivity index (χ3v) is 3.39. The van der Waals surface area contributed by atoms with Crippen LogP contribution in [0.3, 0.4) is 0 Å². The molecule has 2 N–H and O–H groups in total. The van der Waals surface area contributed by atoms with E-state index in [1.54, 1.807) is 0 Å². The summed E-state index contributed by atoms with van der Waals surface area (Å²) in [5.74, 6) is -0.233. The second kappa shape index (κ2) is 4.72. The molecule has 0 aromatic rings. The Hall–Kier alpha value is -0.610. The van der Waals surface area contributed by atoms with Gasteiger partial charge in [0, 0.05) is 30.7 Å². The molecule has 4 nitrogen and oxygen atoms in total. The molecule has 0 saturated carbocycles. The first-order chi connectivity index (χ1) is 7.21. The highest BCUT2D eigenvalue weighted by Crippen LogP contribution is 2.22. The van der Waals surface area contributed by atoms with Crippen LogP contribution >= 0.6 is 0 Å². The molecule has 4 heteroatoms. The van der Waals surface area contributed by atoms with Crippen molar-refractivity contribution in [1.82, 2.24) is 9.80 Å². The van der Waals surface area contributed by atoms with E-state index in [4.69, 9.17) is 5.73 Å². The number of hydrogen-bond acceptors (Lipinski definition) is 3. The molecule has 16 heavy (non-hydrogen) atoms. The number of hydrogen-bond donors (Lipinski definition) is 1. The third kappa shape index (κ3) is 3.19. The SMILES string of the molecule is C[C@@H]1CN(C(C)(C)C)C[C@H](C)N1CC(N)=O. The van der Waals surface area contributed by atoms with Gasteiger partial charge >= 0.3 is 0 Å². The fraction of sp³-hybridized carbons (Fsp3) is 0.917. The van der Waals surface area contributed by atoms with E-state index in [9.17, 15) is 4.79 Å². The first kappa shape index (κ1) is 13.5. The molecule has 1 fully saturated rings. The molecular weight excluding hydrogens is 202 g/mol. The number of amides is 1. The molecule has 0 unspecified atom stereocenters. The van der Waals surface area contributed by atoms with Crippen LogP contribution < -0.4 is 5.73 Å². The molecule has 1 aliphatic heterocycles. The fourth-order valence-corrected chi connectivity index (χ4v) is 2.40. The summed E-state index contributed by atoms with van der Waals surface area (Å²) in [5, 5.41) is 0. The maximum absolute atomic E-state index is 11.0. The minimum Gasteiger partial charge on any atom is -0.369 e. The molecule has 2 atom stereocenters. The average molecular weight is 227 g/mol. The van der Waals surface area contributed by atoms with Crippen LogP contribution in [0.15, 0.2) is 0 Å². The zero-order valence-corrected chi connectivity index (χ0v) is 11.2. The van der Waals surface area contributed by atoms with Crippen molar-refractivity contribution in [2.45, 2.75) is 52.2 Å². The van der Waals surface area contributed by atoms with Gasteiger partial charge in [0.2, 0.25) is 5.91 Å². The van der Waals surface area contributed by atoms with Gasteiger partial charge in [-0.3, -0.25) is 14.6 Å². The summed E-state index contributed by atoms with van der Waals surface area (Å²) in [4.78, 5) is 15.7. The normalized spacial score (nSPS) is 29.3. The molecule has 0 bridgehead atoms. The van der Waals surface area contributed by atoms with Crippen molar-refractivity contribution in [1.29, 1.82) is 0 Å². The highest BCUT2D eigenvalue weighted by atomic mass is 16.1. The van der Waals surface area contributed by atoms with Crippen LogP contribution in [0.25, 0.3) is 0 Å². The van der Waals surface area contributed by atoms with Crippen molar-refractivity contribution in [3.63, 3.8) is 0 Å². The molecule has 0 spiro atoms. The Morgan fingerprint density at radius 1 is 1.25 bits per heavy atom. The van der Waals surface area contributed by atoms with Crippen LogP contribution in [0.2, 0.25) is 0 Å². The Bertz CT molecular complexity index is 247. The summed E-state index contributed by atoms with van der Waals surface area (Å²) >= 11 is 0. The van der Waals surface area contributed by atoms with E-state index in [1.807, 2.05) is 0 Å². The Morgan fingerprint density at radius 2 is 1.69 bits per heavy atom. The summed E-state index contributed by atoms with van der Waals surface area (Å²) in [7, 11) is 0. The summed E-state index contributed by atoms with van der Waals surface area (Å²) < 4.78 is 0. The molecule has 0 aromatic carbocycles. The second-order valence-electron chi connectivity index (χ2n) is 5.91. The van der Waals surface area contributed by atoms with Gasteiger partial charge in [-0.2, -0.15) is 0 Å². The molecule has 94 valence electrons. The zero-order valence-electron chi connectivity index (χ0n) is 11.2. The van der Waals surface area contributed by atoms with Crippen molar-refractivity contribution >= 4 is 5.91 Å². The second-order valence-corrected chi connectivity index (χ2v) is 5.91. The Morgan fingerprint density at radius 3 is 2.00 bits per heavy atom. The first-order valence-electron chi connectivity index (χ1n) is 6.01. The average Bonchev–Trinajstić information content (AvgIpc) is 2.09. The lowest BCUT2D eigenvalue weighted by molar-refractivity contribution is -0.121. The van der Waals surface area contributed by atoms with Crippen molar-refractivity contribution < 1.29 is 4.79 Å². The number of piperazine rings is 1. The largest absolute Gasteiger partial charge is 0.369 e. The van der Waals surface area contributed by atoms with Crippen LogP contribution in [-0.4, -0.2) is 53.0 Å². The van der Waals surface area contributed by atoms with E-state index < -0.39 is 0 Å². The van der Waals surface area contributed by atoms with E-state index >= 15 is 0 Å². The number of nitrogens with two attached hydrogens (primary N) is 1. The minimum absolute atomic E-state index is 0.196. The molecular formula is C12H25N3O. The molecule has 0 aromatic heterocycles. The summed E-state index contributed by atoms with van der Waals surface area (Å²) in [5.41, 5.74) is 5.47. The monoisotopic (exact) mass is 227 g/mol. The summed E-state index contributed by atoms with van der Waals surface area (Å²) in [6.45, 7) is 13.4. The number of carbonyl (C=O) groups is 1. The van der Waals surface area contributed by atoms with Gasteiger partial charge in [0.05, 0.1) is 6.54 Å².